The van der Waals surface area contributed by atoms with Crippen LogP contribution in [0, 0.1) is 0 Å². The van der Waals surface area contributed by atoms with E-state index in [0.717, 1.165) is 16.5 Å². The van der Waals surface area contributed by atoms with E-state index in [-0.39, 0.29) is 0 Å². The van der Waals surface area contributed by atoms with Crippen LogP contribution in [-0.2, 0) is 0 Å². The lowest BCUT2D eigenvalue weighted by Gasteiger charge is -2.09. The Morgan fingerprint density at radius 3 is 2.67 bits per heavy atom. The van der Waals surface area contributed by atoms with Crippen molar-refractivity contribution in [2.24, 2.45) is 0 Å². The molecule has 7 heteroatoms. The number of rotatable bonds is 3. The Hall–Kier alpha value is -2.51. The molecule has 104 valence electrons. The van der Waals surface area contributed by atoms with E-state index in [1.807, 2.05) is 12.1 Å². The van der Waals surface area contributed by atoms with Crippen molar-refractivity contribution in [3.05, 3.63) is 42.7 Å². The number of hydrogen-bond acceptors (Lipinski definition) is 6. The average molecular weight is 280 g/mol. The molecule has 0 bridgehead atoms. The SMILES string of the molecule is CNc1nc(-c2cccnc2)nc2ccc(B(O)O)cc12. The zero-order chi connectivity index (χ0) is 14.8. The van der Waals surface area contributed by atoms with Gasteiger partial charge in [-0.25, -0.2) is 9.97 Å². The Labute approximate surface area is 121 Å². The highest BCUT2D eigenvalue weighted by atomic mass is 16.4. The van der Waals surface area contributed by atoms with Gasteiger partial charge in [0.15, 0.2) is 5.82 Å². The highest BCUT2D eigenvalue weighted by Crippen LogP contribution is 2.23. The van der Waals surface area contributed by atoms with E-state index in [4.69, 9.17) is 0 Å². The second-order valence-electron chi connectivity index (χ2n) is 4.54. The maximum absolute atomic E-state index is 9.27. The van der Waals surface area contributed by atoms with Crippen molar-refractivity contribution in [1.29, 1.82) is 0 Å². The predicted octanol–water partition coefficient (Wildman–Crippen LogP) is 0.413. The van der Waals surface area contributed by atoms with E-state index in [9.17, 15) is 10.0 Å². The summed E-state index contributed by atoms with van der Waals surface area (Å²) in [5.74, 6) is 1.19. The molecule has 21 heavy (non-hydrogen) atoms. The number of hydrogen-bond donors (Lipinski definition) is 3. The Morgan fingerprint density at radius 2 is 2.00 bits per heavy atom. The van der Waals surface area contributed by atoms with Crippen molar-refractivity contribution in [3.63, 3.8) is 0 Å². The molecule has 1 aromatic carbocycles. The Bertz CT molecular complexity index is 781. The third kappa shape index (κ3) is 2.56. The normalized spacial score (nSPS) is 10.6. The number of fused-ring (bicyclic) bond motifs is 1. The summed E-state index contributed by atoms with van der Waals surface area (Å²) >= 11 is 0. The fourth-order valence-electron chi connectivity index (χ4n) is 2.12. The minimum absolute atomic E-state index is 0.400. The maximum Gasteiger partial charge on any atom is 0.488 e. The summed E-state index contributed by atoms with van der Waals surface area (Å²) in [7, 11) is 0.244. The van der Waals surface area contributed by atoms with Crippen LogP contribution in [0.5, 0.6) is 0 Å². The maximum atomic E-state index is 9.27. The highest BCUT2D eigenvalue weighted by Gasteiger charge is 2.14. The van der Waals surface area contributed by atoms with Crippen LogP contribution in [0.2, 0.25) is 0 Å². The van der Waals surface area contributed by atoms with Gasteiger partial charge in [-0.15, -0.1) is 0 Å². The molecule has 0 saturated heterocycles. The quantitative estimate of drug-likeness (QED) is 0.602. The summed E-state index contributed by atoms with van der Waals surface area (Å²) in [6, 6.07) is 8.75. The lowest BCUT2D eigenvalue weighted by atomic mass is 9.80. The van der Waals surface area contributed by atoms with Crippen molar-refractivity contribution in [2.75, 3.05) is 12.4 Å². The molecule has 0 spiro atoms. The van der Waals surface area contributed by atoms with Gasteiger partial charge in [0.05, 0.1) is 5.52 Å². The van der Waals surface area contributed by atoms with E-state index in [1.54, 1.807) is 37.6 Å². The molecule has 0 aliphatic carbocycles. The minimum Gasteiger partial charge on any atom is -0.423 e. The van der Waals surface area contributed by atoms with Crippen LogP contribution in [0.3, 0.4) is 0 Å². The molecule has 0 unspecified atom stereocenters. The summed E-state index contributed by atoms with van der Waals surface area (Å²) in [6.45, 7) is 0. The molecule has 0 aliphatic rings. The van der Waals surface area contributed by atoms with Gasteiger partial charge >= 0.3 is 7.12 Å². The third-order valence-electron chi connectivity index (χ3n) is 3.17. The summed E-state index contributed by atoms with van der Waals surface area (Å²) in [6.07, 6.45) is 3.39. The zero-order valence-electron chi connectivity index (χ0n) is 11.4. The molecule has 0 fully saturated rings. The van der Waals surface area contributed by atoms with Crippen LogP contribution in [0.1, 0.15) is 0 Å². The molecule has 6 nitrogen and oxygen atoms in total. The predicted molar refractivity (Wildman–Crippen MR) is 82.1 cm³/mol. The largest absolute Gasteiger partial charge is 0.488 e. The van der Waals surface area contributed by atoms with Crippen LogP contribution in [-0.4, -0.2) is 39.2 Å². The Kier molecular flexibility index (Phi) is 3.51. The number of anilines is 1. The fraction of sp³-hybridized carbons (Fsp3) is 0.0714. The van der Waals surface area contributed by atoms with Gasteiger partial charge < -0.3 is 15.4 Å². The van der Waals surface area contributed by atoms with Gasteiger partial charge in [-0.05, 0) is 29.7 Å². The first-order valence-corrected chi connectivity index (χ1v) is 6.45. The van der Waals surface area contributed by atoms with Crippen molar-refractivity contribution >= 4 is 29.3 Å². The van der Waals surface area contributed by atoms with Crippen molar-refractivity contribution in [2.45, 2.75) is 0 Å². The molecule has 0 atom stereocenters. The summed E-state index contributed by atoms with van der Waals surface area (Å²) in [5.41, 5.74) is 1.94. The number of pyridine rings is 1. The second kappa shape index (κ2) is 5.47. The average Bonchev–Trinajstić information content (AvgIpc) is 2.54. The van der Waals surface area contributed by atoms with Crippen LogP contribution >= 0.6 is 0 Å². The highest BCUT2D eigenvalue weighted by molar-refractivity contribution is 6.59. The molecule has 0 saturated carbocycles. The summed E-state index contributed by atoms with van der Waals surface area (Å²) in [5, 5.41) is 22.3. The first-order chi connectivity index (χ1) is 10.2. The third-order valence-corrected chi connectivity index (χ3v) is 3.17. The smallest absolute Gasteiger partial charge is 0.423 e. The molecule has 3 aromatic rings. The second-order valence-corrected chi connectivity index (χ2v) is 4.54. The number of benzene rings is 1. The van der Waals surface area contributed by atoms with Crippen LogP contribution in [0.25, 0.3) is 22.3 Å². The molecule has 2 heterocycles. The monoisotopic (exact) mass is 280 g/mol. The lowest BCUT2D eigenvalue weighted by Crippen LogP contribution is -2.29. The number of nitrogens with zero attached hydrogens (tertiary/aromatic N) is 3. The van der Waals surface area contributed by atoms with E-state index < -0.39 is 7.12 Å². The molecule has 2 aromatic heterocycles. The van der Waals surface area contributed by atoms with Gasteiger partial charge in [0, 0.05) is 30.4 Å². The molecular formula is C14H13BN4O2. The number of nitrogens with one attached hydrogen (secondary N) is 1. The lowest BCUT2D eigenvalue weighted by molar-refractivity contribution is 0.426. The van der Waals surface area contributed by atoms with Gasteiger partial charge in [-0.2, -0.15) is 0 Å². The first kappa shape index (κ1) is 13.5. The topological polar surface area (TPSA) is 91.2 Å². The summed E-state index contributed by atoms with van der Waals surface area (Å²) in [4.78, 5) is 13.0. The molecular weight excluding hydrogens is 267 g/mol. The Morgan fingerprint density at radius 1 is 1.14 bits per heavy atom. The van der Waals surface area contributed by atoms with Crippen LogP contribution in [0.4, 0.5) is 5.82 Å². The molecule has 0 aliphatic heterocycles. The van der Waals surface area contributed by atoms with E-state index in [2.05, 4.69) is 20.3 Å². The van der Waals surface area contributed by atoms with Crippen LogP contribution < -0.4 is 10.8 Å². The Balaban J connectivity index is 2.21. The fourth-order valence-corrected chi connectivity index (χ4v) is 2.12. The number of aromatic nitrogens is 3. The standard InChI is InChI=1S/C14H13BN4O2/c1-16-14-11-7-10(15(20)21)4-5-12(11)18-13(19-14)9-3-2-6-17-8-9/h2-8,20-21H,1H3,(H,16,18,19). The van der Waals surface area contributed by atoms with Crippen molar-refractivity contribution in [1.82, 2.24) is 15.0 Å². The minimum atomic E-state index is -1.52. The zero-order valence-corrected chi connectivity index (χ0v) is 11.4. The van der Waals surface area contributed by atoms with Gasteiger partial charge in [0.25, 0.3) is 0 Å². The van der Waals surface area contributed by atoms with Crippen molar-refractivity contribution in [3.8, 4) is 11.4 Å². The summed E-state index contributed by atoms with van der Waals surface area (Å²) < 4.78 is 0. The molecule has 0 radical (unpaired) electrons. The molecule has 3 N–H and O–H groups in total. The van der Waals surface area contributed by atoms with Crippen LogP contribution in [0.15, 0.2) is 42.7 Å². The van der Waals surface area contributed by atoms with Crippen molar-refractivity contribution < 1.29 is 10.0 Å². The van der Waals surface area contributed by atoms with Gasteiger partial charge in [-0.3, -0.25) is 4.98 Å². The van der Waals surface area contributed by atoms with Gasteiger partial charge in [0.1, 0.15) is 5.82 Å². The van der Waals surface area contributed by atoms with E-state index in [1.165, 1.54) is 0 Å². The van der Waals surface area contributed by atoms with E-state index in [0.29, 0.717) is 17.1 Å². The van der Waals surface area contributed by atoms with Gasteiger partial charge in [0.2, 0.25) is 0 Å². The molecule has 0 amide bonds. The van der Waals surface area contributed by atoms with E-state index >= 15 is 0 Å². The molecule has 3 rings (SSSR count). The van der Waals surface area contributed by atoms with Gasteiger partial charge in [-0.1, -0.05) is 6.07 Å². The first-order valence-electron chi connectivity index (χ1n) is 6.45.